The van der Waals surface area contributed by atoms with Crippen molar-refractivity contribution in [3.63, 3.8) is 0 Å². The molecule has 0 saturated carbocycles. The van der Waals surface area contributed by atoms with Gasteiger partial charge in [0.25, 0.3) is 0 Å². The molecule has 0 spiro atoms. The Kier molecular flexibility index (Phi) is 3.71. The standard InChI is InChI=1S/C15H21NO2/c1-15(2,14(17)18)16-10-12-8-5-7-11-6-3-4-9-13(11)12/h3-4,6,9,12,16H,5,7-8,10H2,1-2H3,(H,17,18). The number of benzene rings is 1. The van der Waals surface area contributed by atoms with E-state index in [1.807, 2.05) is 0 Å². The molecule has 0 heterocycles. The van der Waals surface area contributed by atoms with E-state index in [4.69, 9.17) is 5.11 Å². The Morgan fingerprint density at radius 1 is 1.44 bits per heavy atom. The van der Waals surface area contributed by atoms with Gasteiger partial charge in [-0.2, -0.15) is 0 Å². The summed E-state index contributed by atoms with van der Waals surface area (Å²) >= 11 is 0. The first-order valence-corrected chi connectivity index (χ1v) is 6.57. The summed E-state index contributed by atoms with van der Waals surface area (Å²) in [5.74, 6) is -0.361. The van der Waals surface area contributed by atoms with Crippen LogP contribution < -0.4 is 5.32 Å². The van der Waals surface area contributed by atoms with Gasteiger partial charge in [0.15, 0.2) is 0 Å². The summed E-state index contributed by atoms with van der Waals surface area (Å²) in [7, 11) is 0. The molecule has 18 heavy (non-hydrogen) atoms. The van der Waals surface area contributed by atoms with Gasteiger partial charge >= 0.3 is 5.97 Å². The highest BCUT2D eigenvalue weighted by molar-refractivity contribution is 5.77. The molecule has 0 radical (unpaired) electrons. The number of carboxylic acids is 1. The minimum atomic E-state index is -0.855. The van der Waals surface area contributed by atoms with E-state index >= 15 is 0 Å². The SMILES string of the molecule is CC(C)(NCC1CCCc2ccccc21)C(=O)O. The molecule has 1 aromatic carbocycles. The Morgan fingerprint density at radius 2 is 2.17 bits per heavy atom. The number of aliphatic carboxylic acids is 1. The van der Waals surface area contributed by atoms with E-state index in [9.17, 15) is 4.79 Å². The van der Waals surface area contributed by atoms with Crippen molar-refractivity contribution in [3.8, 4) is 0 Å². The summed E-state index contributed by atoms with van der Waals surface area (Å²) in [4.78, 5) is 11.1. The summed E-state index contributed by atoms with van der Waals surface area (Å²) < 4.78 is 0. The first kappa shape index (κ1) is 13.1. The predicted octanol–water partition coefficient (Wildman–Crippen LogP) is 2.56. The zero-order valence-electron chi connectivity index (χ0n) is 11.1. The maximum Gasteiger partial charge on any atom is 0.323 e. The Balaban J connectivity index is 2.06. The molecule has 3 heteroatoms. The highest BCUT2D eigenvalue weighted by Crippen LogP contribution is 2.31. The minimum Gasteiger partial charge on any atom is -0.480 e. The number of carbonyl (C=O) groups is 1. The average Bonchev–Trinajstić information content (AvgIpc) is 2.36. The van der Waals surface area contributed by atoms with Crippen molar-refractivity contribution in [1.29, 1.82) is 0 Å². The molecule has 0 saturated heterocycles. The molecule has 0 bridgehead atoms. The molecule has 0 fully saturated rings. The third-order valence-electron chi connectivity index (χ3n) is 3.82. The molecule has 1 atom stereocenters. The molecule has 1 aromatic rings. The van der Waals surface area contributed by atoms with E-state index in [1.165, 1.54) is 17.5 Å². The summed E-state index contributed by atoms with van der Waals surface area (Å²) in [6, 6.07) is 8.51. The Bertz CT molecular complexity index is 440. The Morgan fingerprint density at radius 3 is 2.89 bits per heavy atom. The lowest BCUT2D eigenvalue weighted by Gasteiger charge is -2.29. The van der Waals surface area contributed by atoms with E-state index in [2.05, 4.69) is 29.6 Å². The lowest BCUT2D eigenvalue weighted by molar-refractivity contribution is -0.143. The third kappa shape index (κ3) is 2.72. The van der Waals surface area contributed by atoms with E-state index in [0.29, 0.717) is 5.92 Å². The fourth-order valence-corrected chi connectivity index (χ4v) is 2.52. The van der Waals surface area contributed by atoms with E-state index in [1.54, 1.807) is 13.8 Å². The molecule has 98 valence electrons. The van der Waals surface area contributed by atoms with Gasteiger partial charge in [0.05, 0.1) is 0 Å². The highest BCUT2D eigenvalue weighted by atomic mass is 16.4. The monoisotopic (exact) mass is 247 g/mol. The molecule has 2 rings (SSSR count). The quantitative estimate of drug-likeness (QED) is 0.859. The summed E-state index contributed by atoms with van der Waals surface area (Å²) in [6.45, 7) is 4.16. The van der Waals surface area contributed by atoms with Gasteiger partial charge in [0, 0.05) is 6.54 Å². The van der Waals surface area contributed by atoms with Gasteiger partial charge < -0.3 is 10.4 Å². The zero-order chi connectivity index (χ0) is 13.2. The molecule has 0 aliphatic heterocycles. The number of hydrogen-bond donors (Lipinski definition) is 2. The Labute approximate surface area is 108 Å². The molecule has 2 N–H and O–H groups in total. The summed E-state index contributed by atoms with van der Waals surface area (Å²) in [5.41, 5.74) is 1.95. The molecule has 0 aromatic heterocycles. The lowest BCUT2D eigenvalue weighted by Crippen LogP contribution is -2.48. The number of rotatable bonds is 4. The van der Waals surface area contributed by atoms with Crippen molar-refractivity contribution in [2.24, 2.45) is 0 Å². The first-order chi connectivity index (χ1) is 8.50. The van der Waals surface area contributed by atoms with Crippen LogP contribution in [0.1, 0.15) is 43.7 Å². The van der Waals surface area contributed by atoms with Crippen LogP contribution in [0.4, 0.5) is 0 Å². The van der Waals surface area contributed by atoms with Crippen LogP contribution in [0.2, 0.25) is 0 Å². The number of carboxylic acid groups (broad SMARTS) is 1. The summed E-state index contributed by atoms with van der Waals surface area (Å²) in [6.07, 6.45) is 3.48. The van der Waals surface area contributed by atoms with Crippen LogP contribution in [0.3, 0.4) is 0 Å². The van der Waals surface area contributed by atoms with Gasteiger partial charge in [0.1, 0.15) is 5.54 Å². The normalized spacial score (nSPS) is 19.3. The van der Waals surface area contributed by atoms with Gasteiger partial charge in [0.2, 0.25) is 0 Å². The molecular weight excluding hydrogens is 226 g/mol. The number of fused-ring (bicyclic) bond motifs is 1. The van der Waals surface area contributed by atoms with Crippen molar-refractivity contribution in [3.05, 3.63) is 35.4 Å². The lowest BCUT2D eigenvalue weighted by atomic mass is 9.82. The van der Waals surface area contributed by atoms with Gasteiger partial charge in [-0.1, -0.05) is 24.3 Å². The first-order valence-electron chi connectivity index (χ1n) is 6.57. The van der Waals surface area contributed by atoms with Crippen LogP contribution >= 0.6 is 0 Å². The van der Waals surface area contributed by atoms with Gasteiger partial charge in [-0.05, 0) is 50.2 Å². The van der Waals surface area contributed by atoms with Crippen molar-refractivity contribution in [1.82, 2.24) is 5.32 Å². The largest absolute Gasteiger partial charge is 0.480 e. The van der Waals surface area contributed by atoms with Gasteiger partial charge in [-0.25, -0.2) is 0 Å². The fourth-order valence-electron chi connectivity index (χ4n) is 2.52. The van der Waals surface area contributed by atoms with Crippen LogP contribution in [0.15, 0.2) is 24.3 Å². The Hall–Kier alpha value is -1.35. The van der Waals surface area contributed by atoms with Gasteiger partial charge in [-0.3, -0.25) is 4.79 Å². The second-order valence-corrected chi connectivity index (χ2v) is 5.60. The van der Waals surface area contributed by atoms with E-state index in [0.717, 1.165) is 19.4 Å². The van der Waals surface area contributed by atoms with Crippen LogP contribution in [-0.4, -0.2) is 23.2 Å². The molecule has 1 unspecified atom stereocenters. The van der Waals surface area contributed by atoms with Gasteiger partial charge in [-0.15, -0.1) is 0 Å². The van der Waals surface area contributed by atoms with Crippen molar-refractivity contribution in [2.45, 2.75) is 44.6 Å². The maximum atomic E-state index is 11.1. The fraction of sp³-hybridized carbons (Fsp3) is 0.533. The van der Waals surface area contributed by atoms with Crippen molar-refractivity contribution < 1.29 is 9.90 Å². The topological polar surface area (TPSA) is 49.3 Å². The van der Waals surface area contributed by atoms with Crippen molar-refractivity contribution >= 4 is 5.97 Å². The predicted molar refractivity (Wildman–Crippen MR) is 71.8 cm³/mol. The molecule has 0 amide bonds. The molecule has 1 aliphatic rings. The second-order valence-electron chi connectivity index (χ2n) is 5.60. The maximum absolute atomic E-state index is 11.1. The number of hydrogen-bond acceptors (Lipinski definition) is 2. The summed E-state index contributed by atoms with van der Waals surface area (Å²) in [5, 5.41) is 12.3. The number of aryl methyl sites for hydroxylation is 1. The molecule has 3 nitrogen and oxygen atoms in total. The van der Waals surface area contributed by atoms with Crippen molar-refractivity contribution in [2.75, 3.05) is 6.54 Å². The molecular formula is C15H21NO2. The second kappa shape index (κ2) is 5.11. The average molecular weight is 247 g/mol. The highest BCUT2D eigenvalue weighted by Gasteiger charge is 2.28. The van der Waals surface area contributed by atoms with Crippen LogP contribution in [-0.2, 0) is 11.2 Å². The molecule has 1 aliphatic carbocycles. The van der Waals surface area contributed by atoms with Crippen LogP contribution in [0.5, 0.6) is 0 Å². The van der Waals surface area contributed by atoms with E-state index < -0.39 is 11.5 Å². The smallest absolute Gasteiger partial charge is 0.323 e. The zero-order valence-corrected chi connectivity index (χ0v) is 11.1. The van der Waals surface area contributed by atoms with E-state index in [-0.39, 0.29) is 0 Å². The van der Waals surface area contributed by atoms with Crippen LogP contribution in [0, 0.1) is 0 Å². The third-order valence-corrected chi connectivity index (χ3v) is 3.82. The number of nitrogens with one attached hydrogen (secondary N) is 1. The van der Waals surface area contributed by atoms with Crippen LogP contribution in [0.25, 0.3) is 0 Å². The minimum absolute atomic E-state index is 0.438.